The van der Waals surface area contributed by atoms with E-state index in [0.717, 1.165) is 83.7 Å². The van der Waals surface area contributed by atoms with Gasteiger partial charge in [0.2, 0.25) is 0 Å². The molecule has 0 aliphatic carbocycles. The fraction of sp³-hybridized carbons (Fsp3) is 0.0408. The number of esters is 1. The highest BCUT2D eigenvalue weighted by Gasteiger charge is 2.22. The monoisotopic (exact) mass is 773 g/mol. The molecule has 10 heteroatoms. The van der Waals surface area contributed by atoms with Crippen molar-refractivity contribution >= 4 is 64.4 Å². The van der Waals surface area contributed by atoms with Crippen LogP contribution in [0.4, 0.5) is 4.79 Å². The van der Waals surface area contributed by atoms with Crippen molar-refractivity contribution in [3.8, 4) is 44.5 Å². The Kier molecular flexibility index (Phi) is 9.56. The highest BCUT2D eigenvalue weighted by atomic mass is 16.7. The summed E-state index contributed by atoms with van der Waals surface area (Å²) in [6.45, 7) is 1.36. The summed E-state index contributed by atoms with van der Waals surface area (Å²) < 4.78 is 4.21. The van der Waals surface area contributed by atoms with Gasteiger partial charge in [-0.1, -0.05) is 103 Å². The van der Waals surface area contributed by atoms with E-state index in [-0.39, 0.29) is 5.56 Å². The average Bonchev–Trinajstić information content (AvgIpc) is 4.10. The number of carbonyl (C=O) groups excluding carboxylic acids is 2. The van der Waals surface area contributed by atoms with Crippen LogP contribution in [0.15, 0.2) is 140 Å². The van der Waals surface area contributed by atoms with Crippen molar-refractivity contribution in [2.24, 2.45) is 0 Å². The van der Waals surface area contributed by atoms with Crippen LogP contribution in [0.25, 0.3) is 90.9 Å². The molecule has 0 fully saturated rings. The maximum atomic E-state index is 13.1. The zero-order valence-corrected chi connectivity index (χ0v) is 31.6. The molecule has 3 aromatic heterocycles. The second-order valence-corrected chi connectivity index (χ2v) is 14.1. The van der Waals surface area contributed by atoms with Crippen LogP contribution in [-0.2, 0) is 9.53 Å². The van der Waals surface area contributed by atoms with Gasteiger partial charge in [-0.25, -0.2) is 19.6 Å². The number of rotatable bonds is 7. The van der Waals surface area contributed by atoms with Crippen LogP contribution in [0, 0.1) is 0 Å². The van der Waals surface area contributed by atoms with Gasteiger partial charge in [0.15, 0.2) is 0 Å². The second-order valence-electron chi connectivity index (χ2n) is 14.1. The largest absolute Gasteiger partial charge is 0.513 e. The summed E-state index contributed by atoms with van der Waals surface area (Å²) >= 11 is 0. The van der Waals surface area contributed by atoms with Crippen LogP contribution in [0.1, 0.15) is 40.1 Å². The number of carbonyl (C=O) groups is 3. The van der Waals surface area contributed by atoms with E-state index in [1.807, 2.05) is 91.0 Å². The van der Waals surface area contributed by atoms with Crippen LogP contribution in [0.2, 0.25) is 0 Å². The van der Waals surface area contributed by atoms with Gasteiger partial charge in [-0.3, -0.25) is 4.79 Å². The van der Waals surface area contributed by atoms with Gasteiger partial charge in [-0.15, -0.1) is 0 Å². The Bertz CT molecular complexity index is 2970. The Balaban J connectivity index is 1.32. The molecular weight excluding hydrogens is 739 g/mol. The number of aromatic amines is 2. The highest BCUT2D eigenvalue weighted by Crippen LogP contribution is 2.38. The van der Waals surface area contributed by atoms with Crippen molar-refractivity contribution in [3.63, 3.8) is 0 Å². The van der Waals surface area contributed by atoms with Gasteiger partial charge in [-0.05, 0) is 89.9 Å². The first kappa shape index (κ1) is 36.5. The van der Waals surface area contributed by atoms with E-state index < -0.39 is 24.1 Å². The molecule has 2 aliphatic rings. The molecule has 8 bridgehead atoms. The minimum Gasteiger partial charge on any atom is -0.449 e. The summed E-state index contributed by atoms with van der Waals surface area (Å²) in [7, 11) is 0. The standard InChI is InChI=1S/C49H35N5O5/c1-29(48(56)59-49(57)58)50-47(55)34-19-17-33(18-20-34)46-41-27-25-39(53-41)44(31-13-7-3-8-14-31)37-23-21-35(51-37)43(30-11-5-2-6-12-30)36-22-24-38(52-36)45(32-15-9-4-10-16-32)40-26-28-42(46)54-40/h2-29,51,54H,1H3,(H,50,55)(H,57,58). The number of H-pyrrole nitrogens is 2. The van der Waals surface area contributed by atoms with Crippen molar-refractivity contribution < 1.29 is 24.2 Å². The van der Waals surface area contributed by atoms with Gasteiger partial charge in [0, 0.05) is 49.9 Å². The Morgan fingerprint density at radius 2 is 0.847 bits per heavy atom. The summed E-state index contributed by atoms with van der Waals surface area (Å²) in [5, 5.41) is 11.3. The van der Waals surface area contributed by atoms with E-state index in [0.29, 0.717) is 5.69 Å². The highest BCUT2D eigenvalue weighted by molar-refractivity contribution is 6.01. The van der Waals surface area contributed by atoms with Gasteiger partial charge < -0.3 is 25.1 Å². The molecule has 5 heterocycles. The van der Waals surface area contributed by atoms with Crippen LogP contribution in [-0.4, -0.2) is 49.1 Å². The Labute approximate surface area is 338 Å². The fourth-order valence-corrected chi connectivity index (χ4v) is 7.54. The third-order valence-electron chi connectivity index (χ3n) is 10.3. The van der Waals surface area contributed by atoms with Gasteiger partial charge in [0.25, 0.3) is 5.91 Å². The lowest BCUT2D eigenvalue weighted by Crippen LogP contribution is -2.40. The Hall–Kier alpha value is -8.11. The molecule has 1 unspecified atom stereocenters. The minimum atomic E-state index is -1.74. The number of aromatic nitrogens is 4. The first-order chi connectivity index (χ1) is 28.8. The number of nitrogens with one attached hydrogen (secondary N) is 3. The number of hydrogen-bond acceptors (Lipinski definition) is 6. The molecule has 59 heavy (non-hydrogen) atoms. The zero-order valence-electron chi connectivity index (χ0n) is 31.6. The van der Waals surface area contributed by atoms with E-state index in [1.165, 1.54) is 6.92 Å². The number of nitrogens with zero attached hydrogens (tertiary/aromatic N) is 2. The molecule has 1 amide bonds. The number of fused-ring (bicyclic) bond motifs is 8. The molecule has 10 nitrogen and oxygen atoms in total. The molecule has 4 N–H and O–H groups in total. The molecule has 4 aromatic carbocycles. The van der Waals surface area contributed by atoms with Gasteiger partial charge >= 0.3 is 12.1 Å². The molecule has 0 saturated carbocycles. The molecule has 7 aromatic rings. The van der Waals surface area contributed by atoms with Crippen molar-refractivity contribution in [1.82, 2.24) is 25.3 Å². The first-order valence-electron chi connectivity index (χ1n) is 19.0. The maximum Gasteiger partial charge on any atom is 0.513 e. The smallest absolute Gasteiger partial charge is 0.449 e. The van der Waals surface area contributed by atoms with Gasteiger partial charge in [0.1, 0.15) is 6.04 Å². The molecule has 286 valence electrons. The summed E-state index contributed by atoms with van der Waals surface area (Å²) in [4.78, 5) is 54.1. The summed E-state index contributed by atoms with van der Waals surface area (Å²) in [6.07, 6.45) is 6.41. The Morgan fingerprint density at radius 1 is 0.508 bits per heavy atom. The van der Waals surface area contributed by atoms with Crippen LogP contribution < -0.4 is 5.32 Å². The fourth-order valence-electron chi connectivity index (χ4n) is 7.54. The molecule has 1 atom stereocenters. The molecule has 0 spiro atoms. The second kappa shape index (κ2) is 15.4. The molecular formula is C49H35N5O5. The van der Waals surface area contributed by atoms with Crippen molar-refractivity contribution in [2.45, 2.75) is 13.0 Å². The number of hydrogen-bond donors (Lipinski definition) is 4. The lowest BCUT2D eigenvalue weighted by Gasteiger charge is -2.12. The number of benzene rings is 4. The maximum absolute atomic E-state index is 13.1. The summed E-state index contributed by atoms with van der Waals surface area (Å²) in [6, 6.07) is 44.6. The molecule has 0 radical (unpaired) electrons. The Morgan fingerprint density at radius 3 is 1.19 bits per heavy atom. The van der Waals surface area contributed by atoms with Crippen molar-refractivity contribution in [2.75, 3.05) is 0 Å². The van der Waals surface area contributed by atoms with E-state index in [1.54, 1.807) is 12.1 Å². The van der Waals surface area contributed by atoms with E-state index in [4.69, 9.17) is 15.1 Å². The van der Waals surface area contributed by atoms with Crippen LogP contribution >= 0.6 is 0 Å². The van der Waals surface area contributed by atoms with E-state index >= 15 is 0 Å². The molecule has 0 saturated heterocycles. The van der Waals surface area contributed by atoms with Gasteiger partial charge in [-0.2, -0.15) is 0 Å². The SMILES string of the molecule is CC(NC(=O)c1ccc(-c2c3nc(c(-c4ccccc4)c4ccc([nH]4)c(-c4ccccc4)c4nc(c(-c5ccccc5)c5ccc2[nH]5)C=C4)C=C3)cc1)C(=O)OC(=O)O. The predicted molar refractivity (Wildman–Crippen MR) is 232 cm³/mol. The number of carboxylic acid groups (broad SMARTS) is 1. The first-order valence-corrected chi connectivity index (χ1v) is 19.0. The quantitative estimate of drug-likeness (QED) is 0.0930. The third-order valence-corrected chi connectivity index (χ3v) is 10.3. The topological polar surface area (TPSA) is 150 Å². The van der Waals surface area contributed by atoms with Crippen molar-refractivity contribution in [3.05, 3.63) is 168 Å². The summed E-state index contributed by atoms with van der Waals surface area (Å²) in [5.74, 6) is -1.64. The average molecular weight is 774 g/mol. The van der Waals surface area contributed by atoms with Gasteiger partial charge in [0.05, 0.1) is 22.8 Å². The van der Waals surface area contributed by atoms with E-state index in [9.17, 15) is 14.4 Å². The van der Waals surface area contributed by atoms with Crippen molar-refractivity contribution in [1.29, 1.82) is 0 Å². The molecule has 9 rings (SSSR count). The zero-order chi connectivity index (χ0) is 40.5. The summed E-state index contributed by atoms with van der Waals surface area (Å²) in [5.41, 5.74) is 14.2. The van der Waals surface area contributed by atoms with Crippen LogP contribution in [0.3, 0.4) is 0 Å². The number of ether oxygens (including phenoxy) is 1. The lowest BCUT2D eigenvalue weighted by atomic mass is 10.0. The van der Waals surface area contributed by atoms with E-state index in [2.05, 4.69) is 80.7 Å². The lowest BCUT2D eigenvalue weighted by molar-refractivity contribution is -0.140. The molecule has 2 aliphatic heterocycles. The normalized spacial score (nSPS) is 12.2. The third kappa shape index (κ3) is 7.22. The predicted octanol–water partition coefficient (Wildman–Crippen LogP) is 10.7. The minimum absolute atomic E-state index is 0.271. The van der Waals surface area contributed by atoms with Crippen LogP contribution in [0.5, 0.6) is 0 Å². The number of amides is 1.